The lowest BCUT2D eigenvalue weighted by atomic mass is 9.78. The second kappa shape index (κ2) is 12.5. The molecule has 0 spiro atoms. The van der Waals surface area contributed by atoms with Crippen LogP contribution in [0.2, 0.25) is 0 Å². The monoisotopic (exact) mass is 591 g/mol. The van der Waals surface area contributed by atoms with Gasteiger partial charge in [0.15, 0.2) is 34.7 Å². The van der Waals surface area contributed by atoms with E-state index in [0.717, 1.165) is 24.3 Å². The molecular formula is C30H33F4N3O5. The fourth-order valence-corrected chi connectivity index (χ4v) is 5.44. The SMILES string of the molecule is CC1(C)O[C@@H]2C[C@@](OCc3ccc(F)c(F)c3)(C(=O)NCCCn3ccnc3)CC(OCc3ccc(F)c(F)c3)[C@@H]2O1. The molecule has 8 nitrogen and oxygen atoms in total. The van der Waals surface area contributed by atoms with Crippen LogP contribution in [0.3, 0.4) is 0 Å². The molecule has 3 aromatic rings. The molecule has 0 bridgehead atoms. The number of aryl methyl sites for hydroxylation is 1. The molecule has 1 saturated heterocycles. The molecule has 1 aromatic heterocycles. The maximum Gasteiger partial charge on any atom is 0.252 e. The third-order valence-electron chi connectivity index (χ3n) is 7.45. The van der Waals surface area contributed by atoms with Crippen molar-refractivity contribution < 1.29 is 41.3 Å². The molecule has 1 N–H and O–H groups in total. The van der Waals surface area contributed by atoms with Crippen LogP contribution < -0.4 is 5.32 Å². The molecule has 226 valence electrons. The van der Waals surface area contributed by atoms with Crippen molar-refractivity contribution >= 4 is 5.91 Å². The van der Waals surface area contributed by atoms with Gasteiger partial charge >= 0.3 is 0 Å². The zero-order valence-corrected chi connectivity index (χ0v) is 23.3. The zero-order valence-electron chi connectivity index (χ0n) is 23.3. The van der Waals surface area contributed by atoms with E-state index in [1.165, 1.54) is 12.1 Å². The molecule has 2 fully saturated rings. The Labute approximate surface area is 240 Å². The largest absolute Gasteiger partial charge is 0.371 e. The van der Waals surface area contributed by atoms with E-state index in [0.29, 0.717) is 30.6 Å². The first-order chi connectivity index (χ1) is 20.0. The molecule has 1 aliphatic carbocycles. The summed E-state index contributed by atoms with van der Waals surface area (Å²) >= 11 is 0. The highest BCUT2D eigenvalue weighted by Gasteiger charge is 2.58. The number of hydrogen-bond acceptors (Lipinski definition) is 6. The van der Waals surface area contributed by atoms with E-state index in [1.54, 1.807) is 26.4 Å². The third kappa shape index (κ3) is 7.00. The molecule has 0 radical (unpaired) electrons. The molecule has 12 heteroatoms. The lowest BCUT2D eigenvalue weighted by molar-refractivity contribution is -0.183. The van der Waals surface area contributed by atoms with E-state index >= 15 is 0 Å². The summed E-state index contributed by atoms with van der Waals surface area (Å²) in [5, 5.41) is 2.95. The van der Waals surface area contributed by atoms with E-state index in [2.05, 4.69) is 10.3 Å². The van der Waals surface area contributed by atoms with E-state index in [9.17, 15) is 22.4 Å². The molecule has 2 heterocycles. The van der Waals surface area contributed by atoms with Crippen LogP contribution in [0.5, 0.6) is 0 Å². The van der Waals surface area contributed by atoms with Gasteiger partial charge in [0.25, 0.3) is 5.91 Å². The molecule has 2 aliphatic rings. The fourth-order valence-electron chi connectivity index (χ4n) is 5.44. The molecule has 1 saturated carbocycles. The van der Waals surface area contributed by atoms with Crippen LogP contribution in [0.1, 0.15) is 44.2 Å². The summed E-state index contributed by atoms with van der Waals surface area (Å²) in [7, 11) is 0. The van der Waals surface area contributed by atoms with E-state index < -0.39 is 58.9 Å². The van der Waals surface area contributed by atoms with Gasteiger partial charge in [-0.3, -0.25) is 4.79 Å². The number of fused-ring (bicyclic) bond motifs is 1. The highest BCUT2D eigenvalue weighted by molar-refractivity contribution is 5.85. The van der Waals surface area contributed by atoms with Crippen molar-refractivity contribution in [2.45, 2.75) is 82.6 Å². The number of imidazole rings is 1. The second-order valence-electron chi connectivity index (χ2n) is 11.1. The van der Waals surface area contributed by atoms with Crippen LogP contribution in [0.4, 0.5) is 17.6 Å². The van der Waals surface area contributed by atoms with Crippen molar-refractivity contribution in [3.63, 3.8) is 0 Å². The van der Waals surface area contributed by atoms with Crippen LogP contribution in [-0.2, 0) is 43.5 Å². The summed E-state index contributed by atoms with van der Waals surface area (Å²) in [5.41, 5.74) is -0.748. The minimum absolute atomic E-state index is 0.0360. The summed E-state index contributed by atoms with van der Waals surface area (Å²) in [4.78, 5) is 17.9. The van der Waals surface area contributed by atoms with Crippen LogP contribution in [-0.4, -0.2) is 51.7 Å². The topological polar surface area (TPSA) is 83.8 Å². The quantitative estimate of drug-likeness (QED) is 0.255. The molecule has 5 rings (SSSR count). The van der Waals surface area contributed by atoms with Gasteiger partial charge in [0.1, 0.15) is 6.10 Å². The standard InChI is InChI=1S/C30H33F4N3O5/c1-29(2)41-26-15-30(40-17-20-5-7-22(32)24(34)13-20,28(38)36-8-3-10-37-11-9-35-18-37)14-25(27(26)42-29)39-16-19-4-6-21(31)23(33)12-19/h4-7,9,11-13,18,25-27H,3,8,10,14-17H2,1-2H3,(H,36,38)/t25?,26-,27+,30-/m1/s1. The maximum atomic E-state index is 13.9. The predicted octanol–water partition coefficient (Wildman–Crippen LogP) is 4.80. The first-order valence-corrected chi connectivity index (χ1v) is 13.8. The van der Waals surface area contributed by atoms with Crippen LogP contribution in [0.25, 0.3) is 0 Å². The Bertz CT molecular complexity index is 1390. The number of halogens is 4. The van der Waals surface area contributed by atoms with Crippen molar-refractivity contribution in [1.29, 1.82) is 0 Å². The van der Waals surface area contributed by atoms with Gasteiger partial charge in [0.05, 0.1) is 31.7 Å². The highest BCUT2D eigenvalue weighted by atomic mass is 19.2. The van der Waals surface area contributed by atoms with Gasteiger partial charge in [-0.2, -0.15) is 0 Å². The molecule has 4 atom stereocenters. The number of aromatic nitrogens is 2. The van der Waals surface area contributed by atoms with Crippen molar-refractivity contribution in [2.24, 2.45) is 0 Å². The van der Waals surface area contributed by atoms with Crippen LogP contribution >= 0.6 is 0 Å². The summed E-state index contributed by atoms with van der Waals surface area (Å²) in [6, 6.07) is 6.88. The number of carbonyl (C=O) groups is 1. The second-order valence-corrected chi connectivity index (χ2v) is 11.1. The average Bonchev–Trinajstić information content (AvgIpc) is 3.58. The maximum absolute atomic E-state index is 13.9. The molecule has 2 aromatic carbocycles. The average molecular weight is 592 g/mol. The molecule has 1 amide bonds. The van der Waals surface area contributed by atoms with Crippen molar-refractivity contribution in [3.05, 3.63) is 89.5 Å². The van der Waals surface area contributed by atoms with Gasteiger partial charge in [-0.05, 0) is 55.7 Å². The number of hydrogen-bond donors (Lipinski definition) is 1. The van der Waals surface area contributed by atoms with E-state index in [1.807, 2.05) is 10.8 Å². The van der Waals surface area contributed by atoms with Gasteiger partial charge in [-0.25, -0.2) is 22.5 Å². The Morgan fingerprint density at radius 3 is 2.33 bits per heavy atom. The lowest BCUT2D eigenvalue weighted by Crippen LogP contribution is -2.60. The Balaban J connectivity index is 1.37. The van der Waals surface area contributed by atoms with Crippen LogP contribution in [0.15, 0.2) is 55.1 Å². The third-order valence-corrected chi connectivity index (χ3v) is 7.45. The smallest absolute Gasteiger partial charge is 0.252 e. The summed E-state index contributed by atoms with van der Waals surface area (Å²) in [6.07, 6.45) is 4.04. The van der Waals surface area contributed by atoms with Gasteiger partial charge in [-0.1, -0.05) is 12.1 Å². The van der Waals surface area contributed by atoms with Gasteiger partial charge < -0.3 is 28.8 Å². The number of benzene rings is 2. The number of carbonyl (C=O) groups excluding carboxylic acids is 1. The highest BCUT2D eigenvalue weighted by Crippen LogP contribution is 2.44. The molecule has 1 unspecified atom stereocenters. The Morgan fingerprint density at radius 2 is 1.69 bits per heavy atom. The Kier molecular flexibility index (Phi) is 8.97. The van der Waals surface area contributed by atoms with Crippen molar-refractivity contribution in [2.75, 3.05) is 6.54 Å². The Morgan fingerprint density at radius 1 is 1.00 bits per heavy atom. The Hall–Kier alpha value is -3.32. The number of amides is 1. The number of nitrogens with zero attached hydrogens (tertiary/aromatic N) is 2. The van der Waals surface area contributed by atoms with Gasteiger partial charge in [0, 0.05) is 38.3 Å². The summed E-state index contributed by atoms with van der Waals surface area (Å²) in [5.74, 6) is -5.38. The molecular weight excluding hydrogens is 558 g/mol. The number of nitrogens with one attached hydrogen (secondary N) is 1. The first-order valence-electron chi connectivity index (χ1n) is 13.8. The van der Waals surface area contributed by atoms with Gasteiger partial charge in [0.2, 0.25) is 0 Å². The lowest BCUT2D eigenvalue weighted by Gasteiger charge is -2.43. The summed E-state index contributed by atoms with van der Waals surface area (Å²) < 4.78 is 81.4. The van der Waals surface area contributed by atoms with E-state index in [4.69, 9.17) is 18.9 Å². The zero-order chi connectivity index (χ0) is 29.9. The normalized spacial score (nSPS) is 24.9. The number of rotatable bonds is 11. The number of ether oxygens (including phenoxy) is 4. The molecule has 42 heavy (non-hydrogen) atoms. The van der Waals surface area contributed by atoms with E-state index in [-0.39, 0.29) is 26.1 Å². The fraction of sp³-hybridized carbons (Fsp3) is 0.467. The minimum Gasteiger partial charge on any atom is -0.371 e. The first kappa shape index (κ1) is 30.1. The van der Waals surface area contributed by atoms with Crippen LogP contribution in [0, 0.1) is 23.3 Å². The predicted molar refractivity (Wildman–Crippen MR) is 142 cm³/mol. The van der Waals surface area contributed by atoms with Crippen molar-refractivity contribution in [3.8, 4) is 0 Å². The summed E-state index contributed by atoms with van der Waals surface area (Å²) in [6.45, 7) is 4.21. The molecule has 1 aliphatic heterocycles. The van der Waals surface area contributed by atoms with Gasteiger partial charge in [-0.15, -0.1) is 0 Å². The minimum atomic E-state index is -1.48. The van der Waals surface area contributed by atoms with Crippen molar-refractivity contribution in [1.82, 2.24) is 14.9 Å².